The van der Waals surface area contributed by atoms with Crippen molar-refractivity contribution in [3.63, 3.8) is 0 Å². The number of rotatable bonds is 6. The lowest BCUT2D eigenvalue weighted by atomic mass is 9.95. The molecule has 1 aromatic carbocycles. The highest BCUT2D eigenvalue weighted by Crippen LogP contribution is 2.29. The van der Waals surface area contributed by atoms with Crippen molar-refractivity contribution in [1.82, 2.24) is 15.5 Å². The monoisotopic (exact) mass is 407 g/mol. The summed E-state index contributed by atoms with van der Waals surface area (Å²) in [6.45, 7) is 4.52. The average Bonchev–Trinajstić information content (AvgIpc) is 2.68. The van der Waals surface area contributed by atoms with Crippen LogP contribution in [0.25, 0.3) is 0 Å². The molecule has 0 aliphatic carbocycles. The summed E-state index contributed by atoms with van der Waals surface area (Å²) in [6, 6.07) is 7.11. The standard InChI is InChI=1S/C19H25N3O3S2/c1-3-25-18(23)16-15(12-22-8-10-27-11-9-22)20-19(24)21-17(16)13-4-6-14(26-2)7-5-13/h4-7,17H,3,8-12H2,1-2H3,(H2,20,21,24). The Morgan fingerprint density at radius 3 is 2.63 bits per heavy atom. The van der Waals surface area contributed by atoms with Crippen molar-refractivity contribution in [2.45, 2.75) is 17.9 Å². The van der Waals surface area contributed by atoms with Gasteiger partial charge in [-0.15, -0.1) is 11.8 Å². The Kier molecular flexibility index (Phi) is 7.09. The molecule has 27 heavy (non-hydrogen) atoms. The number of esters is 1. The molecule has 2 N–H and O–H groups in total. The van der Waals surface area contributed by atoms with E-state index < -0.39 is 6.04 Å². The number of hydrogen-bond acceptors (Lipinski definition) is 6. The molecular formula is C19H25N3O3S2. The quantitative estimate of drug-likeness (QED) is 0.558. The van der Waals surface area contributed by atoms with Crippen LogP contribution in [0.15, 0.2) is 40.4 Å². The van der Waals surface area contributed by atoms with Crippen molar-refractivity contribution in [3.8, 4) is 0 Å². The molecule has 2 amide bonds. The molecule has 146 valence electrons. The molecule has 0 saturated carbocycles. The van der Waals surface area contributed by atoms with Gasteiger partial charge in [0.05, 0.1) is 18.2 Å². The highest BCUT2D eigenvalue weighted by molar-refractivity contribution is 7.99. The third-order valence-electron chi connectivity index (χ3n) is 4.58. The van der Waals surface area contributed by atoms with E-state index in [0.717, 1.165) is 35.1 Å². The van der Waals surface area contributed by atoms with Crippen molar-refractivity contribution in [1.29, 1.82) is 0 Å². The van der Waals surface area contributed by atoms with Crippen molar-refractivity contribution in [3.05, 3.63) is 41.1 Å². The van der Waals surface area contributed by atoms with Crippen molar-refractivity contribution in [2.24, 2.45) is 0 Å². The first-order valence-corrected chi connectivity index (χ1v) is 11.4. The number of carbonyl (C=O) groups is 2. The second-order valence-electron chi connectivity index (χ2n) is 6.31. The van der Waals surface area contributed by atoms with Crippen LogP contribution in [-0.4, -0.2) is 60.9 Å². The Balaban J connectivity index is 1.95. The predicted octanol–water partition coefficient (Wildman–Crippen LogP) is 2.63. The lowest BCUT2D eigenvalue weighted by Crippen LogP contribution is -2.49. The van der Waals surface area contributed by atoms with E-state index in [-0.39, 0.29) is 12.0 Å². The number of amides is 2. The number of ether oxygens (including phenoxy) is 1. The molecule has 2 heterocycles. The molecule has 1 aromatic rings. The maximum absolute atomic E-state index is 12.8. The molecule has 2 aliphatic rings. The lowest BCUT2D eigenvalue weighted by Gasteiger charge is -2.33. The molecule has 1 unspecified atom stereocenters. The van der Waals surface area contributed by atoms with E-state index in [4.69, 9.17) is 4.74 Å². The van der Waals surface area contributed by atoms with Gasteiger partial charge in [-0.25, -0.2) is 9.59 Å². The predicted molar refractivity (Wildman–Crippen MR) is 110 cm³/mol. The smallest absolute Gasteiger partial charge is 0.338 e. The van der Waals surface area contributed by atoms with Crippen LogP contribution >= 0.6 is 23.5 Å². The van der Waals surface area contributed by atoms with Gasteiger partial charge in [-0.1, -0.05) is 12.1 Å². The highest BCUT2D eigenvalue weighted by atomic mass is 32.2. The first kappa shape index (κ1) is 20.1. The van der Waals surface area contributed by atoms with E-state index >= 15 is 0 Å². The summed E-state index contributed by atoms with van der Waals surface area (Å²) in [5, 5.41) is 5.74. The molecule has 3 rings (SSSR count). The molecule has 2 aliphatic heterocycles. The Bertz CT molecular complexity index is 715. The van der Waals surface area contributed by atoms with Crippen molar-refractivity contribution in [2.75, 3.05) is 44.0 Å². The minimum atomic E-state index is -0.511. The van der Waals surface area contributed by atoms with E-state index in [2.05, 4.69) is 15.5 Å². The molecule has 8 heteroatoms. The topological polar surface area (TPSA) is 70.7 Å². The molecule has 0 spiro atoms. The number of nitrogens with zero attached hydrogens (tertiary/aromatic N) is 1. The second-order valence-corrected chi connectivity index (χ2v) is 8.41. The zero-order valence-corrected chi connectivity index (χ0v) is 17.3. The number of benzene rings is 1. The maximum atomic E-state index is 12.8. The summed E-state index contributed by atoms with van der Waals surface area (Å²) in [5.74, 6) is 1.74. The van der Waals surface area contributed by atoms with Crippen molar-refractivity contribution < 1.29 is 14.3 Å². The lowest BCUT2D eigenvalue weighted by molar-refractivity contribution is -0.139. The zero-order valence-electron chi connectivity index (χ0n) is 15.6. The van der Waals surface area contributed by atoms with Gasteiger partial charge in [0, 0.05) is 41.7 Å². The van der Waals surface area contributed by atoms with E-state index in [9.17, 15) is 9.59 Å². The van der Waals surface area contributed by atoms with Crippen LogP contribution in [0.5, 0.6) is 0 Å². The van der Waals surface area contributed by atoms with Crippen LogP contribution in [0.1, 0.15) is 18.5 Å². The van der Waals surface area contributed by atoms with Crippen LogP contribution < -0.4 is 10.6 Å². The summed E-state index contributed by atoms with van der Waals surface area (Å²) in [6.07, 6.45) is 2.01. The van der Waals surface area contributed by atoms with E-state index in [0.29, 0.717) is 24.4 Å². The summed E-state index contributed by atoms with van der Waals surface area (Å²) in [4.78, 5) is 28.5. The SMILES string of the molecule is CCOC(=O)C1=C(CN2CCSCC2)NC(=O)NC1c1ccc(SC)cc1. The summed E-state index contributed by atoms with van der Waals surface area (Å²) in [7, 11) is 0. The van der Waals surface area contributed by atoms with Gasteiger partial charge < -0.3 is 15.4 Å². The number of nitrogens with one attached hydrogen (secondary N) is 2. The van der Waals surface area contributed by atoms with Gasteiger partial charge in [-0.2, -0.15) is 11.8 Å². The van der Waals surface area contributed by atoms with Gasteiger partial charge in [-0.05, 0) is 30.9 Å². The molecule has 1 saturated heterocycles. The van der Waals surface area contributed by atoms with Gasteiger partial charge in [0.1, 0.15) is 0 Å². The van der Waals surface area contributed by atoms with Gasteiger partial charge in [0.15, 0.2) is 0 Å². The van der Waals surface area contributed by atoms with Crippen LogP contribution in [0, 0.1) is 0 Å². The van der Waals surface area contributed by atoms with Gasteiger partial charge in [-0.3, -0.25) is 4.90 Å². The molecule has 1 fully saturated rings. The number of carbonyl (C=O) groups excluding carboxylic acids is 2. The van der Waals surface area contributed by atoms with Crippen LogP contribution in [0.2, 0.25) is 0 Å². The molecule has 0 aromatic heterocycles. The normalized spacial score (nSPS) is 20.8. The average molecular weight is 408 g/mol. The Morgan fingerprint density at radius 1 is 1.30 bits per heavy atom. The fourth-order valence-corrected chi connectivity index (χ4v) is 4.61. The van der Waals surface area contributed by atoms with Crippen LogP contribution in [0.3, 0.4) is 0 Å². The third-order valence-corrected chi connectivity index (χ3v) is 6.27. The number of hydrogen-bond donors (Lipinski definition) is 2. The van der Waals surface area contributed by atoms with Crippen LogP contribution in [0.4, 0.5) is 4.79 Å². The van der Waals surface area contributed by atoms with E-state index in [1.54, 1.807) is 18.7 Å². The maximum Gasteiger partial charge on any atom is 0.338 e. The number of thioether (sulfide) groups is 2. The summed E-state index contributed by atoms with van der Waals surface area (Å²) >= 11 is 3.58. The Morgan fingerprint density at radius 2 is 2.00 bits per heavy atom. The van der Waals surface area contributed by atoms with Crippen molar-refractivity contribution >= 4 is 35.5 Å². The Labute approximate surface area is 168 Å². The van der Waals surface area contributed by atoms with E-state index in [1.165, 1.54) is 0 Å². The van der Waals surface area contributed by atoms with Gasteiger partial charge in [0.2, 0.25) is 0 Å². The minimum Gasteiger partial charge on any atom is -0.463 e. The molecule has 6 nitrogen and oxygen atoms in total. The van der Waals surface area contributed by atoms with Gasteiger partial charge >= 0.3 is 12.0 Å². The first-order valence-electron chi connectivity index (χ1n) is 9.04. The minimum absolute atomic E-state index is 0.289. The first-order chi connectivity index (χ1) is 13.1. The third kappa shape index (κ3) is 5.00. The molecular weight excluding hydrogens is 382 g/mol. The van der Waals surface area contributed by atoms with E-state index in [1.807, 2.05) is 42.3 Å². The fourth-order valence-electron chi connectivity index (χ4n) is 3.22. The Hall–Kier alpha value is -1.64. The summed E-state index contributed by atoms with van der Waals surface area (Å²) in [5.41, 5.74) is 2.01. The highest BCUT2D eigenvalue weighted by Gasteiger charge is 2.34. The van der Waals surface area contributed by atoms with Gasteiger partial charge in [0.25, 0.3) is 0 Å². The summed E-state index contributed by atoms with van der Waals surface area (Å²) < 4.78 is 5.32. The largest absolute Gasteiger partial charge is 0.463 e. The second kappa shape index (κ2) is 9.52. The molecule has 0 radical (unpaired) electrons. The zero-order chi connectivity index (χ0) is 19.2. The van der Waals surface area contributed by atoms with Crippen LogP contribution in [-0.2, 0) is 9.53 Å². The number of urea groups is 1. The molecule has 0 bridgehead atoms. The molecule has 1 atom stereocenters. The fraction of sp³-hybridized carbons (Fsp3) is 0.474.